The summed E-state index contributed by atoms with van der Waals surface area (Å²) in [5.74, 6) is -2.79. The molecule has 0 spiro atoms. The zero-order chi connectivity index (χ0) is 15.1. The van der Waals surface area contributed by atoms with Crippen molar-refractivity contribution in [1.29, 1.82) is 0 Å². The summed E-state index contributed by atoms with van der Waals surface area (Å²) in [6.07, 6.45) is 0. The van der Waals surface area contributed by atoms with E-state index in [2.05, 4.69) is 15.4 Å². The van der Waals surface area contributed by atoms with Crippen LogP contribution in [0, 0.1) is 5.82 Å². The Kier molecular flexibility index (Phi) is 5.45. The second-order valence-corrected chi connectivity index (χ2v) is 3.61. The number of ether oxygens (including phenoxy) is 1. The van der Waals surface area contributed by atoms with Crippen molar-refractivity contribution < 1.29 is 28.6 Å². The van der Waals surface area contributed by atoms with Gasteiger partial charge in [0.25, 0.3) is 0 Å². The third-order valence-corrected chi connectivity index (χ3v) is 2.16. The third-order valence-electron chi connectivity index (χ3n) is 2.16. The molecule has 0 aliphatic heterocycles. The Morgan fingerprint density at radius 1 is 1.35 bits per heavy atom. The molecule has 2 amide bonds. The van der Waals surface area contributed by atoms with E-state index in [-0.39, 0.29) is 24.4 Å². The lowest BCUT2D eigenvalue weighted by Gasteiger charge is -2.08. The molecule has 7 nitrogen and oxygen atoms in total. The third kappa shape index (κ3) is 4.56. The summed E-state index contributed by atoms with van der Waals surface area (Å²) in [4.78, 5) is 33.0. The van der Waals surface area contributed by atoms with Crippen LogP contribution >= 0.6 is 0 Å². The molecule has 0 heterocycles. The van der Waals surface area contributed by atoms with E-state index in [4.69, 9.17) is 5.11 Å². The lowest BCUT2D eigenvalue weighted by atomic mass is 10.2. The molecule has 0 aromatic heterocycles. The zero-order valence-electron chi connectivity index (χ0n) is 10.6. The Hall–Kier alpha value is -2.64. The summed E-state index contributed by atoms with van der Waals surface area (Å²) in [5, 5.41) is 13.0. The summed E-state index contributed by atoms with van der Waals surface area (Å²) in [7, 11) is 0. The molecule has 0 radical (unpaired) electrons. The molecule has 108 valence electrons. The molecule has 1 aromatic carbocycles. The van der Waals surface area contributed by atoms with Gasteiger partial charge in [0, 0.05) is 0 Å². The minimum Gasteiger partial charge on any atom is -0.478 e. The molecule has 0 aliphatic rings. The van der Waals surface area contributed by atoms with Gasteiger partial charge in [-0.25, -0.2) is 14.0 Å². The molecule has 1 rings (SSSR count). The number of urea groups is 1. The molecular weight excluding hydrogens is 271 g/mol. The summed E-state index contributed by atoms with van der Waals surface area (Å²) in [5.41, 5.74) is -0.434. The van der Waals surface area contributed by atoms with E-state index >= 15 is 0 Å². The largest absolute Gasteiger partial charge is 0.478 e. The van der Waals surface area contributed by atoms with Crippen LogP contribution in [0.4, 0.5) is 14.9 Å². The van der Waals surface area contributed by atoms with Crippen molar-refractivity contribution in [3.05, 3.63) is 29.6 Å². The van der Waals surface area contributed by atoms with Crippen LogP contribution in [0.3, 0.4) is 0 Å². The first kappa shape index (κ1) is 15.4. The molecule has 0 atom stereocenters. The maximum Gasteiger partial charge on any atom is 0.335 e. The topological polar surface area (TPSA) is 105 Å². The number of rotatable bonds is 5. The van der Waals surface area contributed by atoms with Crippen molar-refractivity contribution in [1.82, 2.24) is 5.32 Å². The Balaban J connectivity index is 2.58. The Morgan fingerprint density at radius 3 is 2.60 bits per heavy atom. The minimum absolute atomic E-state index is 0.188. The number of aromatic carboxylic acids is 1. The Bertz CT molecular complexity index is 533. The standard InChI is InChI=1S/C12H13FN2O5/c1-2-20-10(16)6-14-12(19)15-9-4-3-7(11(17)18)5-8(9)13/h3-5H,2,6H2,1H3,(H,17,18)(H2,14,15,19). The summed E-state index contributed by atoms with van der Waals surface area (Å²) < 4.78 is 18.1. The molecule has 3 N–H and O–H groups in total. The molecule has 0 fully saturated rings. The number of hydrogen-bond donors (Lipinski definition) is 3. The number of carboxylic acid groups (broad SMARTS) is 1. The van der Waals surface area contributed by atoms with Gasteiger partial charge in [-0.3, -0.25) is 4.79 Å². The molecule has 0 unspecified atom stereocenters. The molecule has 1 aromatic rings. The average molecular weight is 284 g/mol. The van der Waals surface area contributed by atoms with Crippen LogP contribution in [-0.2, 0) is 9.53 Å². The zero-order valence-corrected chi connectivity index (χ0v) is 10.6. The van der Waals surface area contributed by atoms with Gasteiger partial charge in [0.05, 0.1) is 17.9 Å². The lowest BCUT2D eigenvalue weighted by molar-refractivity contribution is -0.141. The van der Waals surface area contributed by atoms with Gasteiger partial charge in [-0.2, -0.15) is 0 Å². The molecule has 0 saturated heterocycles. The Labute approximate surface area is 113 Å². The van der Waals surface area contributed by atoms with E-state index < -0.39 is 23.8 Å². The summed E-state index contributed by atoms with van der Waals surface area (Å²) in [6, 6.07) is 2.23. The van der Waals surface area contributed by atoms with Crippen molar-refractivity contribution in [2.75, 3.05) is 18.5 Å². The van der Waals surface area contributed by atoms with Crippen LogP contribution < -0.4 is 10.6 Å². The maximum absolute atomic E-state index is 13.5. The first-order chi connectivity index (χ1) is 9.43. The number of halogens is 1. The van der Waals surface area contributed by atoms with Crippen molar-refractivity contribution in [2.24, 2.45) is 0 Å². The molecule has 8 heteroatoms. The normalized spacial score (nSPS) is 9.70. The van der Waals surface area contributed by atoms with Crippen LogP contribution in [0.15, 0.2) is 18.2 Å². The SMILES string of the molecule is CCOC(=O)CNC(=O)Nc1ccc(C(=O)O)cc1F. The number of benzene rings is 1. The van der Waals surface area contributed by atoms with Crippen LogP contribution in [0.1, 0.15) is 17.3 Å². The van der Waals surface area contributed by atoms with Gasteiger partial charge in [-0.05, 0) is 25.1 Å². The fraction of sp³-hybridized carbons (Fsp3) is 0.250. The van der Waals surface area contributed by atoms with Gasteiger partial charge in [0.2, 0.25) is 0 Å². The van der Waals surface area contributed by atoms with Gasteiger partial charge in [0.1, 0.15) is 12.4 Å². The van der Waals surface area contributed by atoms with Crippen LogP contribution in [0.2, 0.25) is 0 Å². The second kappa shape index (κ2) is 7.07. The van der Waals surface area contributed by atoms with Crippen LogP contribution in [0.25, 0.3) is 0 Å². The van der Waals surface area contributed by atoms with Crippen molar-refractivity contribution in [3.8, 4) is 0 Å². The quantitative estimate of drug-likeness (QED) is 0.705. The van der Waals surface area contributed by atoms with E-state index in [1.54, 1.807) is 6.92 Å². The Morgan fingerprint density at radius 2 is 2.05 bits per heavy atom. The number of carbonyl (C=O) groups is 3. The van der Waals surface area contributed by atoms with Crippen molar-refractivity contribution in [3.63, 3.8) is 0 Å². The fourth-order valence-electron chi connectivity index (χ4n) is 1.28. The van der Waals surface area contributed by atoms with Gasteiger partial charge in [-0.15, -0.1) is 0 Å². The van der Waals surface area contributed by atoms with E-state index in [1.165, 1.54) is 0 Å². The molecule has 20 heavy (non-hydrogen) atoms. The maximum atomic E-state index is 13.5. The summed E-state index contributed by atoms with van der Waals surface area (Å²) >= 11 is 0. The number of carboxylic acids is 1. The highest BCUT2D eigenvalue weighted by molar-refractivity contribution is 5.93. The number of esters is 1. The highest BCUT2D eigenvalue weighted by atomic mass is 19.1. The molecular formula is C12H13FN2O5. The highest BCUT2D eigenvalue weighted by Gasteiger charge is 2.11. The lowest BCUT2D eigenvalue weighted by Crippen LogP contribution is -2.34. The smallest absolute Gasteiger partial charge is 0.335 e. The molecule has 0 bridgehead atoms. The molecule has 0 saturated carbocycles. The minimum atomic E-state index is -1.28. The van der Waals surface area contributed by atoms with Crippen molar-refractivity contribution >= 4 is 23.7 Å². The number of nitrogens with one attached hydrogen (secondary N) is 2. The second-order valence-electron chi connectivity index (χ2n) is 3.61. The van der Waals surface area contributed by atoms with E-state index in [0.717, 1.165) is 18.2 Å². The number of carbonyl (C=O) groups excluding carboxylic acids is 2. The number of hydrogen-bond acceptors (Lipinski definition) is 4. The van der Waals surface area contributed by atoms with E-state index in [0.29, 0.717) is 0 Å². The monoisotopic (exact) mass is 284 g/mol. The van der Waals surface area contributed by atoms with Gasteiger partial charge >= 0.3 is 18.0 Å². The van der Waals surface area contributed by atoms with Gasteiger partial charge in [-0.1, -0.05) is 0 Å². The highest BCUT2D eigenvalue weighted by Crippen LogP contribution is 2.15. The predicted octanol–water partition coefficient (Wildman–Crippen LogP) is 1.21. The molecule has 0 aliphatic carbocycles. The van der Waals surface area contributed by atoms with Crippen LogP contribution in [-0.4, -0.2) is 36.2 Å². The number of amides is 2. The fourth-order valence-corrected chi connectivity index (χ4v) is 1.28. The predicted molar refractivity (Wildman–Crippen MR) is 67.0 cm³/mol. The first-order valence-electron chi connectivity index (χ1n) is 5.67. The van der Waals surface area contributed by atoms with Crippen LogP contribution in [0.5, 0.6) is 0 Å². The summed E-state index contributed by atoms with van der Waals surface area (Å²) in [6.45, 7) is 1.46. The van der Waals surface area contributed by atoms with Gasteiger partial charge < -0.3 is 20.5 Å². The average Bonchev–Trinajstić information content (AvgIpc) is 2.39. The number of anilines is 1. The van der Waals surface area contributed by atoms with Crippen molar-refractivity contribution in [2.45, 2.75) is 6.92 Å². The first-order valence-corrected chi connectivity index (χ1v) is 5.67. The van der Waals surface area contributed by atoms with E-state index in [9.17, 15) is 18.8 Å². The van der Waals surface area contributed by atoms with Gasteiger partial charge in [0.15, 0.2) is 0 Å². The van der Waals surface area contributed by atoms with E-state index in [1.807, 2.05) is 0 Å².